The number of hydrogen-bond donors (Lipinski definition) is 1. The first-order chi connectivity index (χ1) is 10.2. The second-order valence-electron chi connectivity index (χ2n) is 4.86. The van der Waals surface area contributed by atoms with Gasteiger partial charge in [0.2, 0.25) is 0 Å². The van der Waals surface area contributed by atoms with Gasteiger partial charge in [0.15, 0.2) is 0 Å². The maximum absolute atomic E-state index is 12.5. The summed E-state index contributed by atoms with van der Waals surface area (Å²) in [6.07, 6.45) is 1.59. The van der Waals surface area contributed by atoms with Gasteiger partial charge < -0.3 is 15.3 Å². The van der Waals surface area contributed by atoms with Crippen LogP contribution in [-0.4, -0.2) is 22.8 Å². The van der Waals surface area contributed by atoms with E-state index in [2.05, 4.69) is 10.3 Å². The van der Waals surface area contributed by atoms with Crippen molar-refractivity contribution >= 4 is 17.5 Å². The first-order valence-electron chi connectivity index (χ1n) is 6.60. The number of nitrogens with zero attached hydrogens (tertiary/aromatic N) is 2. The molecule has 2 aromatic rings. The Morgan fingerprint density at radius 1 is 1.23 bits per heavy atom. The molecule has 5 nitrogen and oxygen atoms in total. The monoisotopic (exact) mass is 303 g/mol. The fraction of sp³-hybridized carbons (Fsp3) is 0.125. The summed E-state index contributed by atoms with van der Waals surface area (Å²) in [5.41, 5.74) is 1.65. The molecule has 2 heterocycles. The van der Waals surface area contributed by atoms with Crippen molar-refractivity contribution in [3.8, 4) is 0 Å². The molecule has 1 aromatic heterocycles. The van der Waals surface area contributed by atoms with Gasteiger partial charge in [0.25, 0.3) is 5.91 Å². The van der Waals surface area contributed by atoms with Crippen LogP contribution in [0.3, 0.4) is 0 Å². The quantitative estimate of drug-likeness (QED) is 0.665. The standard InChI is InChI=1S/C16H15N3O2.Na/c1-19-10-11-6-2-3-7-12(11)15(20)14(19)16(21)18-13-8-4-5-9-17-13;/h2-9,20H,10H2,1H3,(H,17,18,21);/q;+1/p-1. The van der Waals surface area contributed by atoms with Crippen LogP contribution in [0.15, 0.2) is 54.4 Å². The van der Waals surface area contributed by atoms with Gasteiger partial charge in [-0.1, -0.05) is 36.1 Å². The van der Waals surface area contributed by atoms with Crippen LogP contribution in [0.4, 0.5) is 5.82 Å². The van der Waals surface area contributed by atoms with Gasteiger partial charge >= 0.3 is 29.6 Å². The number of anilines is 1. The van der Waals surface area contributed by atoms with Gasteiger partial charge in [-0.15, -0.1) is 0 Å². The molecule has 1 aliphatic heterocycles. The normalized spacial score (nSPS) is 13.2. The molecule has 0 saturated carbocycles. The molecule has 6 heteroatoms. The molecule has 22 heavy (non-hydrogen) atoms. The Kier molecular flexibility index (Phi) is 5.24. The largest absolute Gasteiger partial charge is 1.00 e. The van der Waals surface area contributed by atoms with Crippen LogP contribution in [-0.2, 0) is 11.3 Å². The molecule has 0 fully saturated rings. The van der Waals surface area contributed by atoms with E-state index in [4.69, 9.17) is 0 Å². The van der Waals surface area contributed by atoms with Crippen molar-refractivity contribution in [2.75, 3.05) is 12.4 Å². The van der Waals surface area contributed by atoms with Gasteiger partial charge in [0.05, 0.1) is 5.70 Å². The van der Waals surface area contributed by atoms with E-state index >= 15 is 0 Å². The van der Waals surface area contributed by atoms with Crippen LogP contribution in [0.2, 0.25) is 0 Å². The third-order valence-electron chi connectivity index (χ3n) is 3.39. The van der Waals surface area contributed by atoms with Gasteiger partial charge in [-0.05, 0) is 23.3 Å². The molecule has 0 radical (unpaired) electrons. The molecule has 0 atom stereocenters. The maximum Gasteiger partial charge on any atom is 1.00 e. The molecule has 0 aliphatic carbocycles. The number of carbonyl (C=O) groups excluding carboxylic acids is 1. The van der Waals surface area contributed by atoms with Crippen molar-refractivity contribution in [2.24, 2.45) is 0 Å². The Bertz CT molecular complexity index is 716. The topological polar surface area (TPSA) is 68.3 Å². The number of amides is 1. The molecule has 1 aromatic carbocycles. The summed E-state index contributed by atoms with van der Waals surface area (Å²) >= 11 is 0. The fourth-order valence-electron chi connectivity index (χ4n) is 2.40. The van der Waals surface area contributed by atoms with E-state index in [1.165, 1.54) is 0 Å². The zero-order chi connectivity index (χ0) is 14.8. The van der Waals surface area contributed by atoms with Crippen LogP contribution in [0.25, 0.3) is 5.76 Å². The predicted octanol–water partition coefficient (Wildman–Crippen LogP) is -1.80. The van der Waals surface area contributed by atoms with E-state index in [0.717, 1.165) is 5.56 Å². The second-order valence-corrected chi connectivity index (χ2v) is 4.86. The number of likely N-dealkylation sites (N-methyl/N-ethyl adjacent to an activating group) is 1. The third-order valence-corrected chi connectivity index (χ3v) is 3.39. The number of aromatic nitrogens is 1. The molecular formula is C16H14N3NaO2. The Balaban J connectivity index is 0.00000176. The average Bonchev–Trinajstić information content (AvgIpc) is 2.48. The van der Waals surface area contributed by atoms with Crippen molar-refractivity contribution in [3.63, 3.8) is 0 Å². The molecule has 0 spiro atoms. The van der Waals surface area contributed by atoms with Crippen molar-refractivity contribution < 1.29 is 39.5 Å². The number of benzene rings is 1. The average molecular weight is 303 g/mol. The van der Waals surface area contributed by atoms with E-state index < -0.39 is 5.91 Å². The molecular weight excluding hydrogens is 289 g/mol. The summed E-state index contributed by atoms with van der Waals surface area (Å²) in [6.45, 7) is 0.535. The maximum atomic E-state index is 12.5. The third kappa shape index (κ3) is 3.16. The van der Waals surface area contributed by atoms with Gasteiger partial charge in [-0.2, -0.15) is 0 Å². The molecule has 1 amide bonds. The summed E-state index contributed by atoms with van der Waals surface area (Å²) in [7, 11) is 1.74. The summed E-state index contributed by atoms with van der Waals surface area (Å²) in [4.78, 5) is 18.0. The van der Waals surface area contributed by atoms with Crippen LogP contribution < -0.4 is 40.0 Å². The van der Waals surface area contributed by atoms with Crippen LogP contribution >= 0.6 is 0 Å². The molecule has 3 rings (SSSR count). The van der Waals surface area contributed by atoms with E-state index in [1.54, 1.807) is 48.5 Å². The van der Waals surface area contributed by atoms with Crippen LogP contribution in [0.5, 0.6) is 0 Å². The minimum atomic E-state index is -0.435. The van der Waals surface area contributed by atoms with Gasteiger partial charge in [0.1, 0.15) is 5.82 Å². The van der Waals surface area contributed by atoms with Gasteiger partial charge in [-0.3, -0.25) is 4.79 Å². The Hall–Kier alpha value is -1.82. The van der Waals surface area contributed by atoms with E-state index in [-0.39, 0.29) is 41.0 Å². The number of pyridine rings is 1. The molecule has 1 aliphatic rings. The van der Waals surface area contributed by atoms with Gasteiger partial charge in [-0.25, -0.2) is 4.98 Å². The first-order valence-corrected chi connectivity index (χ1v) is 6.60. The summed E-state index contributed by atoms with van der Waals surface area (Å²) in [6, 6.07) is 12.6. The number of hydrogen-bond acceptors (Lipinski definition) is 4. The minimum Gasteiger partial charge on any atom is -0.871 e. The number of nitrogens with one attached hydrogen (secondary N) is 1. The number of rotatable bonds is 2. The molecule has 0 bridgehead atoms. The van der Waals surface area contributed by atoms with Crippen LogP contribution in [0.1, 0.15) is 11.1 Å². The summed E-state index contributed by atoms with van der Waals surface area (Å²) in [5, 5.41) is 15.2. The SMILES string of the molecule is CN1Cc2ccccc2C([O-])=C1C(=O)Nc1ccccn1.[Na+]. The molecule has 1 N–H and O–H groups in total. The van der Waals surface area contributed by atoms with Crippen molar-refractivity contribution in [3.05, 3.63) is 65.5 Å². The second kappa shape index (κ2) is 6.96. The summed E-state index contributed by atoms with van der Waals surface area (Å²) < 4.78 is 0. The first kappa shape index (κ1) is 16.5. The Morgan fingerprint density at radius 3 is 2.68 bits per heavy atom. The molecule has 106 valence electrons. The van der Waals surface area contributed by atoms with Gasteiger partial charge in [0, 0.05) is 19.8 Å². The zero-order valence-electron chi connectivity index (χ0n) is 12.5. The van der Waals surface area contributed by atoms with E-state index in [9.17, 15) is 9.90 Å². The zero-order valence-corrected chi connectivity index (χ0v) is 14.5. The van der Waals surface area contributed by atoms with E-state index in [1.807, 2.05) is 12.1 Å². The predicted molar refractivity (Wildman–Crippen MR) is 77.7 cm³/mol. The van der Waals surface area contributed by atoms with Crippen molar-refractivity contribution in [2.45, 2.75) is 6.54 Å². The number of fused-ring (bicyclic) bond motifs is 1. The number of carbonyl (C=O) groups is 1. The summed E-state index contributed by atoms with van der Waals surface area (Å²) in [5.74, 6) is -0.265. The fourth-order valence-corrected chi connectivity index (χ4v) is 2.40. The van der Waals surface area contributed by atoms with E-state index in [0.29, 0.717) is 17.9 Å². The Morgan fingerprint density at radius 2 is 1.95 bits per heavy atom. The molecule has 0 unspecified atom stereocenters. The minimum absolute atomic E-state index is 0. The van der Waals surface area contributed by atoms with Crippen molar-refractivity contribution in [1.29, 1.82) is 0 Å². The van der Waals surface area contributed by atoms with Crippen LogP contribution in [0, 0.1) is 0 Å². The Labute approximate surface area is 151 Å². The smallest absolute Gasteiger partial charge is 0.871 e. The van der Waals surface area contributed by atoms with Crippen molar-refractivity contribution in [1.82, 2.24) is 9.88 Å². The molecule has 0 saturated heterocycles.